The molecule has 106 valence electrons. The number of aliphatic hydroxyl groups is 1. The summed E-state index contributed by atoms with van der Waals surface area (Å²) in [5.74, 6) is -0.246. The lowest BCUT2D eigenvalue weighted by molar-refractivity contribution is -0.0481. The van der Waals surface area contributed by atoms with Crippen LogP contribution in [0.3, 0.4) is 0 Å². The molecule has 0 saturated carbocycles. The van der Waals surface area contributed by atoms with Crippen molar-refractivity contribution in [3.05, 3.63) is 34.9 Å². The minimum absolute atomic E-state index is 0.00990. The zero-order valence-electron chi connectivity index (χ0n) is 11.4. The lowest BCUT2D eigenvalue weighted by Gasteiger charge is -2.37. The van der Waals surface area contributed by atoms with Crippen LogP contribution in [0.2, 0.25) is 0 Å². The molecule has 1 aliphatic carbocycles. The summed E-state index contributed by atoms with van der Waals surface area (Å²) in [5, 5.41) is 20.8. The van der Waals surface area contributed by atoms with E-state index in [1.165, 1.54) is 0 Å². The molecule has 1 N–H and O–H groups in total. The van der Waals surface area contributed by atoms with Crippen LogP contribution in [0.1, 0.15) is 29.5 Å². The lowest BCUT2D eigenvalue weighted by Crippen LogP contribution is -2.44. The number of hydrogen-bond acceptors (Lipinski definition) is 4. The van der Waals surface area contributed by atoms with Crippen LogP contribution in [0.4, 0.5) is 0 Å². The number of benzene rings is 1. The predicted octanol–water partition coefficient (Wildman–Crippen LogP) is 1.46. The molecule has 0 bridgehead atoms. The van der Waals surface area contributed by atoms with Gasteiger partial charge < -0.3 is 5.11 Å². The maximum absolute atomic E-state index is 11.8. The van der Waals surface area contributed by atoms with E-state index in [1.807, 2.05) is 25.1 Å². The Labute approximate surface area is 119 Å². The molecule has 5 heteroatoms. The van der Waals surface area contributed by atoms with E-state index in [1.54, 1.807) is 0 Å². The number of nitriles is 1. The number of fused-ring (bicyclic) bond motifs is 1. The first-order chi connectivity index (χ1) is 9.32. The van der Waals surface area contributed by atoms with E-state index in [4.69, 9.17) is 0 Å². The van der Waals surface area contributed by atoms with Crippen molar-refractivity contribution >= 4 is 9.84 Å². The van der Waals surface area contributed by atoms with Crippen LogP contribution in [0.25, 0.3) is 0 Å². The van der Waals surface area contributed by atoms with Crippen molar-refractivity contribution in [1.29, 1.82) is 5.26 Å². The van der Waals surface area contributed by atoms with Gasteiger partial charge in [-0.1, -0.05) is 23.8 Å². The van der Waals surface area contributed by atoms with Crippen LogP contribution >= 0.6 is 0 Å². The molecule has 2 aliphatic rings. The third-order valence-electron chi connectivity index (χ3n) is 4.78. The first-order valence-corrected chi connectivity index (χ1v) is 8.58. The van der Waals surface area contributed by atoms with E-state index < -0.39 is 20.9 Å². The molecule has 1 aliphatic heterocycles. The number of hydrogen-bond donors (Lipinski definition) is 1. The molecule has 1 aromatic carbocycles. The summed E-state index contributed by atoms with van der Waals surface area (Å²) in [6, 6.07) is 7.99. The van der Waals surface area contributed by atoms with Gasteiger partial charge in [-0.05, 0) is 37.3 Å². The zero-order chi connectivity index (χ0) is 14.6. The number of sulfone groups is 1. The molecule has 1 saturated heterocycles. The molecule has 0 aromatic heterocycles. The molecular formula is C15H17NO3S. The van der Waals surface area contributed by atoms with E-state index in [0.29, 0.717) is 12.8 Å². The van der Waals surface area contributed by atoms with Gasteiger partial charge in [-0.2, -0.15) is 5.26 Å². The fourth-order valence-electron chi connectivity index (χ4n) is 3.60. The van der Waals surface area contributed by atoms with Crippen molar-refractivity contribution in [3.8, 4) is 6.07 Å². The van der Waals surface area contributed by atoms with E-state index >= 15 is 0 Å². The molecule has 0 spiro atoms. The Morgan fingerprint density at radius 3 is 2.70 bits per heavy atom. The van der Waals surface area contributed by atoms with Crippen molar-refractivity contribution in [1.82, 2.24) is 0 Å². The highest BCUT2D eigenvalue weighted by atomic mass is 32.2. The van der Waals surface area contributed by atoms with Gasteiger partial charge in [-0.3, -0.25) is 0 Å². The molecule has 20 heavy (non-hydrogen) atoms. The Morgan fingerprint density at radius 1 is 1.35 bits per heavy atom. The van der Waals surface area contributed by atoms with Gasteiger partial charge in [0.2, 0.25) is 0 Å². The first kappa shape index (κ1) is 13.6. The smallest absolute Gasteiger partial charge is 0.152 e. The van der Waals surface area contributed by atoms with Gasteiger partial charge in [-0.15, -0.1) is 0 Å². The van der Waals surface area contributed by atoms with Crippen LogP contribution in [0.15, 0.2) is 18.2 Å². The molecule has 1 fully saturated rings. The predicted molar refractivity (Wildman–Crippen MR) is 74.7 cm³/mol. The Bertz CT molecular complexity index is 719. The molecule has 0 amide bonds. The average molecular weight is 291 g/mol. The fraction of sp³-hybridized carbons (Fsp3) is 0.533. The Morgan fingerprint density at radius 2 is 2.10 bits per heavy atom. The minimum atomic E-state index is -3.24. The fourth-order valence-corrected chi connectivity index (χ4v) is 5.60. The quantitative estimate of drug-likeness (QED) is 0.849. The molecule has 2 atom stereocenters. The third kappa shape index (κ3) is 1.72. The topological polar surface area (TPSA) is 78.2 Å². The standard InChI is InChI=1S/C15H17NO3S/c1-11-2-3-12-4-5-15(17,13(12)8-11)14(9-16)6-7-20(18,19)10-14/h2-3,8,17H,4-7,10H2,1H3. The van der Waals surface area contributed by atoms with Gasteiger partial charge in [0.1, 0.15) is 11.0 Å². The lowest BCUT2D eigenvalue weighted by atomic mass is 9.69. The van der Waals surface area contributed by atoms with Crippen LogP contribution < -0.4 is 0 Å². The first-order valence-electron chi connectivity index (χ1n) is 6.76. The summed E-state index contributed by atoms with van der Waals surface area (Å²) in [6.07, 6.45) is 1.33. The van der Waals surface area contributed by atoms with Crippen LogP contribution in [0, 0.1) is 23.7 Å². The van der Waals surface area contributed by atoms with E-state index in [9.17, 15) is 18.8 Å². The highest BCUT2D eigenvalue weighted by Crippen LogP contribution is 2.53. The largest absolute Gasteiger partial charge is 0.383 e. The summed E-state index contributed by atoms with van der Waals surface area (Å²) in [5.41, 5.74) is 0.239. The van der Waals surface area contributed by atoms with Crippen molar-refractivity contribution in [3.63, 3.8) is 0 Å². The van der Waals surface area contributed by atoms with E-state index in [0.717, 1.165) is 16.7 Å². The molecule has 1 aromatic rings. The summed E-state index contributed by atoms with van der Waals surface area (Å²) in [6.45, 7) is 1.93. The van der Waals surface area contributed by atoms with E-state index in [2.05, 4.69) is 6.07 Å². The Kier molecular flexibility index (Phi) is 2.76. The summed E-state index contributed by atoms with van der Waals surface area (Å²) in [4.78, 5) is 0. The van der Waals surface area contributed by atoms with Gasteiger partial charge in [0.05, 0.1) is 17.6 Å². The second-order valence-electron chi connectivity index (χ2n) is 6.06. The molecule has 2 unspecified atom stereocenters. The second-order valence-corrected chi connectivity index (χ2v) is 8.24. The Hall–Kier alpha value is -1.38. The highest BCUT2D eigenvalue weighted by molar-refractivity contribution is 7.91. The minimum Gasteiger partial charge on any atom is -0.383 e. The van der Waals surface area contributed by atoms with Gasteiger partial charge in [-0.25, -0.2) is 8.42 Å². The number of rotatable bonds is 1. The molecule has 0 radical (unpaired) electrons. The number of aryl methyl sites for hydroxylation is 2. The zero-order valence-corrected chi connectivity index (χ0v) is 12.2. The summed E-state index contributed by atoms with van der Waals surface area (Å²) >= 11 is 0. The van der Waals surface area contributed by atoms with Crippen molar-refractivity contribution in [2.75, 3.05) is 11.5 Å². The summed E-state index contributed by atoms with van der Waals surface area (Å²) in [7, 11) is -3.24. The van der Waals surface area contributed by atoms with E-state index in [-0.39, 0.29) is 17.9 Å². The molecule has 4 nitrogen and oxygen atoms in total. The maximum atomic E-state index is 11.8. The molecule has 3 rings (SSSR count). The monoisotopic (exact) mass is 291 g/mol. The molecular weight excluding hydrogens is 274 g/mol. The normalized spacial score (nSPS) is 34.6. The Balaban J connectivity index is 2.16. The van der Waals surface area contributed by atoms with Crippen molar-refractivity contribution in [2.45, 2.75) is 31.8 Å². The van der Waals surface area contributed by atoms with Gasteiger partial charge in [0.25, 0.3) is 0 Å². The van der Waals surface area contributed by atoms with Crippen LogP contribution in [-0.2, 0) is 21.9 Å². The van der Waals surface area contributed by atoms with Gasteiger partial charge in [0, 0.05) is 0 Å². The third-order valence-corrected chi connectivity index (χ3v) is 6.54. The molecule has 1 heterocycles. The highest BCUT2D eigenvalue weighted by Gasteiger charge is 2.59. The summed E-state index contributed by atoms with van der Waals surface area (Å²) < 4.78 is 23.6. The van der Waals surface area contributed by atoms with Gasteiger partial charge in [0.15, 0.2) is 9.84 Å². The van der Waals surface area contributed by atoms with Crippen molar-refractivity contribution in [2.24, 2.45) is 5.41 Å². The number of nitrogens with zero attached hydrogens (tertiary/aromatic N) is 1. The van der Waals surface area contributed by atoms with Gasteiger partial charge >= 0.3 is 0 Å². The van der Waals surface area contributed by atoms with Crippen LogP contribution in [0.5, 0.6) is 0 Å². The average Bonchev–Trinajstić information content (AvgIpc) is 2.90. The SMILES string of the molecule is Cc1ccc2c(c1)C(O)(C1(C#N)CCS(=O)(=O)C1)CC2. The van der Waals surface area contributed by atoms with Crippen LogP contribution in [-0.4, -0.2) is 25.0 Å². The maximum Gasteiger partial charge on any atom is 0.152 e. The second kappa shape index (κ2) is 4.06. The van der Waals surface area contributed by atoms with Crippen molar-refractivity contribution < 1.29 is 13.5 Å².